The van der Waals surface area contributed by atoms with Gasteiger partial charge in [-0.2, -0.15) is 0 Å². The summed E-state index contributed by atoms with van der Waals surface area (Å²) in [6.07, 6.45) is 0. The molecule has 5 rings (SSSR count). The molecule has 1 spiro atoms. The second-order valence-electron chi connectivity index (χ2n) is 6.35. The van der Waals surface area contributed by atoms with Crippen LogP contribution in [0.25, 0.3) is 0 Å². The molecular formula is C21H17NO3. The van der Waals surface area contributed by atoms with Crippen molar-refractivity contribution in [2.24, 2.45) is 0 Å². The number of hydrogen-bond acceptors (Lipinski definition) is 4. The molecule has 2 aliphatic rings. The van der Waals surface area contributed by atoms with Crippen LogP contribution in [0.5, 0.6) is 17.2 Å². The van der Waals surface area contributed by atoms with Crippen LogP contribution in [0.2, 0.25) is 0 Å². The highest BCUT2D eigenvalue weighted by Crippen LogP contribution is 2.56. The molecule has 1 unspecified atom stereocenters. The molecule has 0 fully saturated rings. The third-order valence-electron chi connectivity index (χ3n) is 5.01. The summed E-state index contributed by atoms with van der Waals surface area (Å²) in [5.74, 6) is 2.19. The first-order chi connectivity index (χ1) is 12.2. The van der Waals surface area contributed by atoms with Crippen molar-refractivity contribution in [2.45, 2.75) is 12.2 Å². The highest BCUT2D eigenvalue weighted by molar-refractivity contribution is 5.66. The molecule has 4 heteroatoms. The van der Waals surface area contributed by atoms with E-state index in [0.29, 0.717) is 12.3 Å². The molecular weight excluding hydrogens is 314 g/mol. The Hall–Kier alpha value is -2.98. The maximum atomic E-state index is 6.46. The SMILES string of the molecule is COc1ccc2c(c1)Oc1cc(N)ccc1C21OCc2ccccc21. The van der Waals surface area contributed by atoms with E-state index >= 15 is 0 Å². The molecule has 3 aromatic rings. The number of anilines is 1. The largest absolute Gasteiger partial charge is 0.497 e. The van der Waals surface area contributed by atoms with Gasteiger partial charge in [0.25, 0.3) is 0 Å². The van der Waals surface area contributed by atoms with Crippen LogP contribution in [-0.4, -0.2) is 7.11 Å². The zero-order valence-electron chi connectivity index (χ0n) is 13.8. The van der Waals surface area contributed by atoms with Crippen molar-refractivity contribution in [1.82, 2.24) is 0 Å². The van der Waals surface area contributed by atoms with E-state index in [9.17, 15) is 0 Å². The van der Waals surface area contributed by atoms with Gasteiger partial charge < -0.3 is 19.9 Å². The van der Waals surface area contributed by atoms with Crippen molar-refractivity contribution in [3.8, 4) is 17.2 Å². The van der Waals surface area contributed by atoms with Gasteiger partial charge in [0.1, 0.15) is 17.2 Å². The minimum absolute atomic E-state index is 0.561. The zero-order chi connectivity index (χ0) is 17.0. The van der Waals surface area contributed by atoms with E-state index in [1.165, 1.54) is 5.56 Å². The lowest BCUT2D eigenvalue weighted by atomic mass is 9.77. The van der Waals surface area contributed by atoms with E-state index in [-0.39, 0.29) is 0 Å². The predicted octanol–water partition coefficient (Wildman–Crippen LogP) is 4.21. The Morgan fingerprint density at radius 1 is 0.920 bits per heavy atom. The Labute approximate surface area is 145 Å². The summed E-state index contributed by atoms with van der Waals surface area (Å²) in [6, 6.07) is 19.9. The van der Waals surface area contributed by atoms with Gasteiger partial charge in [0, 0.05) is 28.9 Å². The highest BCUT2D eigenvalue weighted by atomic mass is 16.5. The first-order valence-corrected chi connectivity index (χ1v) is 8.21. The number of hydrogen-bond donors (Lipinski definition) is 1. The summed E-state index contributed by atoms with van der Waals surface area (Å²) in [5.41, 5.74) is 10.3. The lowest BCUT2D eigenvalue weighted by molar-refractivity contribution is 0.0199. The molecule has 0 aliphatic carbocycles. The molecule has 2 N–H and O–H groups in total. The summed E-state index contributed by atoms with van der Waals surface area (Å²) in [4.78, 5) is 0. The van der Waals surface area contributed by atoms with Crippen LogP contribution < -0.4 is 15.2 Å². The molecule has 124 valence electrons. The number of ether oxygens (including phenoxy) is 3. The molecule has 25 heavy (non-hydrogen) atoms. The second kappa shape index (κ2) is 5.01. The molecule has 4 nitrogen and oxygen atoms in total. The summed E-state index contributed by atoms with van der Waals surface area (Å²) in [7, 11) is 1.65. The molecule has 0 saturated carbocycles. The fourth-order valence-corrected chi connectivity index (χ4v) is 3.88. The van der Waals surface area contributed by atoms with Crippen LogP contribution in [0.1, 0.15) is 22.3 Å². The van der Waals surface area contributed by atoms with Crippen LogP contribution in [-0.2, 0) is 16.9 Å². The molecule has 0 saturated heterocycles. The molecule has 0 radical (unpaired) electrons. The molecule has 3 aromatic carbocycles. The number of nitrogens with two attached hydrogens (primary N) is 1. The predicted molar refractivity (Wildman–Crippen MR) is 95.0 cm³/mol. The molecule has 1 atom stereocenters. The topological polar surface area (TPSA) is 53.7 Å². The Morgan fingerprint density at radius 2 is 1.68 bits per heavy atom. The number of methoxy groups -OCH3 is 1. The third kappa shape index (κ3) is 1.86. The quantitative estimate of drug-likeness (QED) is 0.679. The fourth-order valence-electron chi connectivity index (χ4n) is 3.88. The lowest BCUT2D eigenvalue weighted by Crippen LogP contribution is -2.32. The fraction of sp³-hybridized carbons (Fsp3) is 0.143. The van der Waals surface area contributed by atoms with Gasteiger partial charge in [-0.3, -0.25) is 0 Å². The van der Waals surface area contributed by atoms with Gasteiger partial charge in [0.15, 0.2) is 5.60 Å². The standard InChI is InChI=1S/C21H17NO3/c1-23-15-7-9-18-20(11-15)25-19-10-14(22)6-8-17(19)21(18)16-5-3-2-4-13(16)12-24-21/h2-11H,12,22H2,1H3. The van der Waals surface area contributed by atoms with E-state index in [4.69, 9.17) is 19.9 Å². The van der Waals surface area contributed by atoms with Crippen molar-refractivity contribution in [3.63, 3.8) is 0 Å². The average Bonchev–Trinajstić information content (AvgIpc) is 3.01. The molecule has 0 amide bonds. The number of nitrogen functional groups attached to an aromatic ring is 1. The number of benzene rings is 3. The van der Waals surface area contributed by atoms with Crippen LogP contribution in [0.3, 0.4) is 0 Å². The first-order valence-electron chi connectivity index (χ1n) is 8.21. The minimum Gasteiger partial charge on any atom is -0.497 e. The smallest absolute Gasteiger partial charge is 0.151 e. The highest BCUT2D eigenvalue weighted by Gasteiger charge is 2.49. The van der Waals surface area contributed by atoms with Crippen LogP contribution >= 0.6 is 0 Å². The minimum atomic E-state index is -0.681. The van der Waals surface area contributed by atoms with Crippen molar-refractivity contribution >= 4 is 5.69 Å². The van der Waals surface area contributed by atoms with E-state index < -0.39 is 5.60 Å². The van der Waals surface area contributed by atoms with Crippen molar-refractivity contribution in [3.05, 3.63) is 82.9 Å². The third-order valence-corrected chi connectivity index (χ3v) is 5.01. The Morgan fingerprint density at radius 3 is 2.52 bits per heavy atom. The average molecular weight is 331 g/mol. The van der Waals surface area contributed by atoms with Crippen molar-refractivity contribution in [1.29, 1.82) is 0 Å². The van der Waals surface area contributed by atoms with Gasteiger partial charge in [0.2, 0.25) is 0 Å². The maximum Gasteiger partial charge on any atom is 0.151 e. The number of rotatable bonds is 1. The molecule has 0 aromatic heterocycles. The van der Waals surface area contributed by atoms with Crippen LogP contribution in [0.15, 0.2) is 60.7 Å². The van der Waals surface area contributed by atoms with Gasteiger partial charge in [-0.25, -0.2) is 0 Å². The molecule has 2 heterocycles. The van der Waals surface area contributed by atoms with E-state index in [1.54, 1.807) is 7.11 Å². The van der Waals surface area contributed by atoms with Crippen molar-refractivity contribution in [2.75, 3.05) is 12.8 Å². The monoisotopic (exact) mass is 331 g/mol. The van der Waals surface area contributed by atoms with Gasteiger partial charge in [0.05, 0.1) is 13.7 Å². The Balaban J connectivity index is 1.85. The Bertz CT molecular complexity index is 998. The summed E-state index contributed by atoms with van der Waals surface area (Å²) >= 11 is 0. The summed E-state index contributed by atoms with van der Waals surface area (Å²) in [6.45, 7) is 0.561. The van der Waals surface area contributed by atoms with Crippen LogP contribution in [0, 0.1) is 0 Å². The molecule has 0 bridgehead atoms. The van der Waals surface area contributed by atoms with Gasteiger partial charge >= 0.3 is 0 Å². The second-order valence-corrected chi connectivity index (χ2v) is 6.35. The number of fused-ring (bicyclic) bond motifs is 6. The van der Waals surface area contributed by atoms with E-state index in [1.807, 2.05) is 48.5 Å². The van der Waals surface area contributed by atoms with Gasteiger partial charge in [-0.05, 0) is 35.4 Å². The van der Waals surface area contributed by atoms with Crippen LogP contribution in [0.4, 0.5) is 5.69 Å². The summed E-state index contributed by atoms with van der Waals surface area (Å²) in [5, 5.41) is 0. The summed E-state index contributed by atoms with van der Waals surface area (Å²) < 4.78 is 18.0. The first kappa shape index (κ1) is 14.4. The van der Waals surface area contributed by atoms with Crippen molar-refractivity contribution < 1.29 is 14.2 Å². The lowest BCUT2D eigenvalue weighted by Gasteiger charge is -2.37. The maximum absolute atomic E-state index is 6.46. The Kier molecular flexibility index (Phi) is 2.88. The van der Waals surface area contributed by atoms with Gasteiger partial charge in [-0.1, -0.05) is 24.3 Å². The van der Waals surface area contributed by atoms with E-state index in [2.05, 4.69) is 12.1 Å². The molecule has 2 aliphatic heterocycles. The zero-order valence-corrected chi connectivity index (χ0v) is 13.8. The van der Waals surface area contributed by atoms with Gasteiger partial charge in [-0.15, -0.1) is 0 Å². The normalized spacial score (nSPS) is 19.7. The van der Waals surface area contributed by atoms with E-state index in [0.717, 1.165) is 33.9 Å².